The van der Waals surface area contributed by atoms with Gasteiger partial charge in [0.2, 0.25) is 0 Å². The third-order valence-electron chi connectivity index (χ3n) is 1.08. The van der Waals surface area contributed by atoms with E-state index in [0.717, 1.165) is 0 Å². The second-order valence-corrected chi connectivity index (χ2v) is 2.43. The molecule has 0 saturated carbocycles. The Morgan fingerprint density at radius 3 is 1.58 bits per heavy atom. The smallest absolute Gasteiger partial charge is 0.101 e. The van der Waals surface area contributed by atoms with Crippen LogP contribution in [0.1, 0.15) is 13.8 Å². The monoisotopic (exact) mass is 180 g/mol. The Morgan fingerprint density at radius 2 is 1.33 bits per heavy atom. The molecule has 2 unspecified atom stereocenters. The highest BCUT2D eigenvalue weighted by Crippen LogP contribution is 1.84. The second kappa shape index (κ2) is 7.41. The zero-order valence-corrected chi connectivity index (χ0v) is 7.28. The molecule has 0 bridgehead atoms. The Hall–Kier alpha value is -0.240. The molecule has 0 aromatic heterocycles. The molecular formula is C6H16N2O4. The molecule has 0 heterocycles. The van der Waals surface area contributed by atoms with Crippen LogP contribution in [0.3, 0.4) is 0 Å². The number of rotatable bonds is 7. The van der Waals surface area contributed by atoms with E-state index in [1.54, 1.807) is 13.8 Å². The molecule has 0 amide bonds. The van der Waals surface area contributed by atoms with Crippen molar-refractivity contribution in [3.8, 4) is 0 Å². The maximum atomic E-state index is 8.52. The van der Waals surface area contributed by atoms with Crippen LogP contribution in [0.2, 0.25) is 0 Å². The number of hydrogen-bond donors (Lipinski definition) is 4. The van der Waals surface area contributed by atoms with E-state index in [-0.39, 0.29) is 25.4 Å². The van der Waals surface area contributed by atoms with Crippen molar-refractivity contribution in [1.29, 1.82) is 0 Å². The van der Waals surface area contributed by atoms with Gasteiger partial charge in [-0.2, -0.15) is 0 Å². The summed E-state index contributed by atoms with van der Waals surface area (Å²) in [4.78, 5) is 9.54. The molecule has 12 heavy (non-hydrogen) atoms. The molecule has 0 saturated heterocycles. The summed E-state index contributed by atoms with van der Waals surface area (Å²) < 4.78 is 0. The van der Waals surface area contributed by atoms with Crippen LogP contribution in [0.5, 0.6) is 0 Å². The lowest BCUT2D eigenvalue weighted by atomic mass is 10.5. The topological polar surface area (TPSA) is 83.0 Å². The van der Waals surface area contributed by atoms with Gasteiger partial charge in [-0.25, -0.2) is 0 Å². The summed E-state index contributed by atoms with van der Waals surface area (Å²) in [6.07, 6.45) is -0.629. The first kappa shape index (κ1) is 11.8. The van der Waals surface area contributed by atoms with Gasteiger partial charge in [0.05, 0.1) is 13.2 Å². The molecule has 0 fully saturated rings. The van der Waals surface area contributed by atoms with Crippen molar-refractivity contribution in [2.75, 3.05) is 13.2 Å². The first-order chi connectivity index (χ1) is 5.70. The molecular weight excluding hydrogens is 164 g/mol. The van der Waals surface area contributed by atoms with Crippen molar-refractivity contribution in [3.63, 3.8) is 0 Å². The lowest BCUT2D eigenvalue weighted by Crippen LogP contribution is -2.38. The maximum Gasteiger partial charge on any atom is 0.101 e. The highest BCUT2D eigenvalue weighted by Gasteiger charge is 2.00. The third-order valence-corrected chi connectivity index (χ3v) is 1.08. The minimum Gasteiger partial charge on any atom is -0.394 e. The fraction of sp³-hybridized carbons (Fsp3) is 1.00. The highest BCUT2D eigenvalue weighted by atomic mass is 16.8. The van der Waals surface area contributed by atoms with Crippen molar-refractivity contribution in [3.05, 3.63) is 0 Å². The predicted octanol–water partition coefficient (Wildman–Crippen LogP) is -1.29. The van der Waals surface area contributed by atoms with Gasteiger partial charge in [0, 0.05) is 0 Å². The van der Waals surface area contributed by atoms with Gasteiger partial charge >= 0.3 is 0 Å². The average molecular weight is 180 g/mol. The van der Waals surface area contributed by atoms with E-state index in [1.165, 1.54) is 0 Å². The highest BCUT2D eigenvalue weighted by molar-refractivity contribution is 4.40. The normalized spacial score (nSPS) is 16.0. The zero-order chi connectivity index (χ0) is 9.40. The largest absolute Gasteiger partial charge is 0.394 e. The number of aliphatic hydroxyl groups is 2. The van der Waals surface area contributed by atoms with Crippen LogP contribution < -0.4 is 11.2 Å². The van der Waals surface area contributed by atoms with Crippen molar-refractivity contribution in [2.45, 2.75) is 26.1 Å². The maximum absolute atomic E-state index is 8.52. The van der Waals surface area contributed by atoms with Gasteiger partial charge in [-0.05, 0) is 13.8 Å². The Labute approximate surface area is 71.4 Å². The number of hydrogen-bond acceptors (Lipinski definition) is 6. The van der Waals surface area contributed by atoms with E-state index >= 15 is 0 Å². The van der Waals surface area contributed by atoms with E-state index in [1.807, 2.05) is 0 Å². The second-order valence-electron chi connectivity index (χ2n) is 2.43. The summed E-state index contributed by atoms with van der Waals surface area (Å²) in [5, 5.41) is 17.0. The van der Waals surface area contributed by atoms with Gasteiger partial charge in [0.25, 0.3) is 0 Å². The van der Waals surface area contributed by atoms with Crippen LogP contribution in [0, 0.1) is 0 Å². The first-order valence-corrected chi connectivity index (χ1v) is 3.73. The Kier molecular flexibility index (Phi) is 7.26. The number of nitrogens with one attached hydrogen (secondary N) is 2. The molecule has 0 rings (SSSR count). The van der Waals surface area contributed by atoms with Gasteiger partial charge in [-0.3, -0.25) is 9.68 Å². The average Bonchev–Trinajstić information content (AvgIpc) is 2.11. The molecule has 6 nitrogen and oxygen atoms in total. The molecule has 0 aromatic carbocycles. The van der Waals surface area contributed by atoms with Crippen LogP contribution in [-0.4, -0.2) is 35.6 Å². The van der Waals surface area contributed by atoms with Gasteiger partial charge in [0.15, 0.2) is 0 Å². The van der Waals surface area contributed by atoms with E-state index < -0.39 is 0 Å². The molecule has 0 aromatic rings. The lowest BCUT2D eigenvalue weighted by molar-refractivity contribution is -0.163. The summed E-state index contributed by atoms with van der Waals surface area (Å²) in [5.74, 6) is 0. The van der Waals surface area contributed by atoms with Crippen LogP contribution in [0.4, 0.5) is 0 Å². The fourth-order valence-corrected chi connectivity index (χ4v) is 0.324. The molecule has 4 N–H and O–H groups in total. The minimum atomic E-state index is -0.314. The summed E-state index contributed by atoms with van der Waals surface area (Å²) in [6.45, 7) is 3.21. The molecule has 74 valence electrons. The Bertz CT molecular complexity index is 91.5. The summed E-state index contributed by atoms with van der Waals surface area (Å²) in [5.41, 5.74) is 4.52. The predicted molar refractivity (Wildman–Crippen MR) is 41.5 cm³/mol. The van der Waals surface area contributed by atoms with Crippen molar-refractivity contribution >= 4 is 0 Å². The van der Waals surface area contributed by atoms with Crippen LogP contribution in [0.25, 0.3) is 0 Å². The molecule has 0 aliphatic heterocycles. The van der Waals surface area contributed by atoms with Crippen molar-refractivity contribution in [1.82, 2.24) is 11.2 Å². The molecule has 0 aliphatic carbocycles. The van der Waals surface area contributed by atoms with E-state index in [9.17, 15) is 0 Å². The van der Waals surface area contributed by atoms with E-state index in [0.29, 0.717) is 0 Å². The lowest BCUT2D eigenvalue weighted by Gasteiger charge is -2.13. The van der Waals surface area contributed by atoms with Gasteiger partial charge < -0.3 is 10.2 Å². The van der Waals surface area contributed by atoms with Gasteiger partial charge in [-0.15, -0.1) is 11.2 Å². The van der Waals surface area contributed by atoms with Crippen LogP contribution >= 0.6 is 0 Å². The Morgan fingerprint density at radius 1 is 1.00 bits per heavy atom. The Balaban J connectivity index is 3.10. The van der Waals surface area contributed by atoms with Crippen LogP contribution in [0.15, 0.2) is 0 Å². The standard InChI is InChI=1S/C6H16N2O4/c1-5(3-9)11-7-8-12-6(2)4-10/h5-10H,3-4H2,1-2H3. The molecule has 0 aliphatic rings. The molecule has 6 heteroatoms. The zero-order valence-electron chi connectivity index (χ0n) is 7.28. The van der Waals surface area contributed by atoms with Gasteiger partial charge in [-0.1, -0.05) is 0 Å². The van der Waals surface area contributed by atoms with Crippen LogP contribution in [-0.2, 0) is 9.68 Å². The fourth-order valence-electron chi connectivity index (χ4n) is 0.324. The van der Waals surface area contributed by atoms with Crippen molar-refractivity contribution in [2.24, 2.45) is 0 Å². The van der Waals surface area contributed by atoms with Crippen molar-refractivity contribution < 1.29 is 19.9 Å². The summed E-state index contributed by atoms with van der Waals surface area (Å²) >= 11 is 0. The quantitative estimate of drug-likeness (QED) is 0.288. The summed E-state index contributed by atoms with van der Waals surface area (Å²) in [6, 6.07) is 0. The molecule has 2 atom stereocenters. The number of hydrazine groups is 1. The molecule has 0 spiro atoms. The van der Waals surface area contributed by atoms with E-state index in [2.05, 4.69) is 11.2 Å². The summed E-state index contributed by atoms with van der Waals surface area (Å²) in [7, 11) is 0. The number of aliphatic hydroxyl groups excluding tert-OH is 2. The van der Waals surface area contributed by atoms with E-state index in [4.69, 9.17) is 19.9 Å². The SMILES string of the molecule is CC(CO)ONNOC(C)CO. The first-order valence-electron chi connectivity index (χ1n) is 3.73. The van der Waals surface area contributed by atoms with Gasteiger partial charge in [0.1, 0.15) is 12.2 Å². The molecule has 0 radical (unpaired) electrons. The third kappa shape index (κ3) is 6.47. The minimum absolute atomic E-state index is 0.0791.